The molecule has 1 aliphatic heterocycles. The van der Waals surface area contributed by atoms with Gasteiger partial charge in [-0.1, -0.05) is 0 Å². The van der Waals surface area contributed by atoms with Crippen molar-refractivity contribution in [3.8, 4) is 11.5 Å². The maximum atomic E-state index is 11.7. The molecular formula is C15H22N2O3. The van der Waals surface area contributed by atoms with Gasteiger partial charge in [0.15, 0.2) is 11.5 Å². The summed E-state index contributed by atoms with van der Waals surface area (Å²) in [7, 11) is 3.27. The second-order valence-corrected chi connectivity index (χ2v) is 4.92. The van der Waals surface area contributed by atoms with Gasteiger partial charge < -0.3 is 20.1 Å². The van der Waals surface area contributed by atoms with Crippen molar-refractivity contribution in [2.24, 2.45) is 0 Å². The summed E-state index contributed by atoms with van der Waals surface area (Å²) in [5.41, 5.74) is 2.42. The Morgan fingerprint density at radius 1 is 1.30 bits per heavy atom. The Bertz CT molecular complexity index is 488. The largest absolute Gasteiger partial charge is 0.493 e. The van der Waals surface area contributed by atoms with Crippen molar-refractivity contribution in [2.45, 2.75) is 32.4 Å². The van der Waals surface area contributed by atoms with Gasteiger partial charge in [-0.15, -0.1) is 0 Å². The van der Waals surface area contributed by atoms with Crippen LogP contribution >= 0.6 is 0 Å². The summed E-state index contributed by atoms with van der Waals surface area (Å²) in [4.78, 5) is 11.7. The molecular weight excluding hydrogens is 256 g/mol. The zero-order valence-corrected chi connectivity index (χ0v) is 12.3. The molecule has 20 heavy (non-hydrogen) atoms. The predicted octanol–water partition coefficient (Wildman–Crippen LogP) is 1.24. The molecule has 2 N–H and O–H groups in total. The highest BCUT2D eigenvalue weighted by Gasteiger charge is 2.22. The molecule has 2 rings (SSSR count). The molecule has 0 saturated heterocycles. The van der Waals surface area contributed by atoms with Gasteiger partial charge in [-0.3, -0.25) is 4.79 Å². The Kier molecular flexibility index (Phi) is 4.84. The molecule has 5 nitrogen and oxygen atoms in total. The van der Waals surface area contributed by atoms with Crippen LogP contribution in [0, 0.1) is 0 Å². The summed E-state index contributed by atoms with van der Waals surface area (Å²) >= 11 is 0. The minimum absolute atomic E-state index is 0.0916. The number of fused-ring (bicyclic) bond motifs is 1. The molecule has 1 atom stereocenters. The number of carbonyl (C=O) groups is 1. The molecule has 0 spiro atoms. The molecule has 0 saturated carbocycles. The fraction of sp³-hybridized carbons (Fsp3) is 0.533. The molecule has 110 valence electrons. The van der Waals surface area contributed by atoms with E-state index in [-0.39, 0.29) is 11.9 Å². The first-order chi connectivity index (χ1) is 9.67. The van der Waals surface area contributed by atoms with Gasteiger partial charge in [0.2, 0.25) is 5.91 Å². The average molecular weight is 278 g/mol. The second-order valence-electron chi connectivity index (χ2n) is 4.92. The molecule has 1 aromatic carbocycles. The van der Waals surface area contributed by atoms with Gasteiger partial charge in [0.25, 0.3) is 0 Å². The van der Waals surface area contributed by atoms with E-state index in [1.807, 2.05) is 19.1 Å². The molecule has 0 fully saturated rings. The molecule has 1 aliphatic rings. The maximum absolute atomic E-state index is 11.7. The number of carbonyl (C=O) groups excluding carboxylic acids is 1. The van der Waals surface area contributed by atoms with Crippen molar-refractivity contribution in [3.05, 3.63) is 23.3 Å². The van der Waals surface area contributed by atoms with E-state index in [9.17, 15) is 4.79 Å². The number of nitrogens with one attached hydrogen (secondary N) is 2. The van der Waals surface area contributed by atoms with Crippen molar-refractivity contribution in [1.82, 2.24) is 10.6 Å². The number of hydrogen-bond acceptors (Lipinski definition) is 4. The van der Waals surface area contributed by atoms with Crippen LogP contribution in [-0.4, -0.2) is 32.7 Å². The summed E-state index contributed by atoms with van der Waals surface area (Å²) in [5.74, 6) is 1.58. The fourth-order valence-corrected chi connectivity index (χ4v) is 2.55. The zero-order chi connectivity index (χ0) is 14.5. The smallest absolute Gasteiger partial charge is 0.221 e. The Hall–Kier alpha value is -1.75. The van der Waals surface area contributed by atoms with E-state index < -0.39 is 0 Å². The maximum Gasteiger partial charge on any atom is 0.221 e. The third-order valence-electron chi connectivity index (χ3n) is 3.56. The van der Waals surface area contributed by atoms with Crippen molar-refractivity contribution in [3.63, 3.8) is 0 Å². The van der Waals surface area contributed by atoms with Crippen molar-refractivity contribution < 1.29 is 14.3 Å². The number of rotatable bonds is 5. The van der Waals surface area contributed by atoms with E-state index in [0.717, 1.165) is 24.5 Å². The van der Waals surface area contributed by atoms with Crippen molar-refractivity contribution in [1.29, 1.82) is 0 Å². The van der Waals surface area contributed by atoms with E-state index in [4.69, 9.17) is 9.47 Å². The summed E-state index contributed by atoms with van der Waals surface area (Å²) in [6.07, 6.45) is 1.33. The lowest BCUT2D eigenvalue weighted by molar-refractivity contribution is -0.121. The van der Waals surface area contributed by atoms with Gasteiger partial charge in [-0.05, 0) is 36.6 Å². The van der Waals surface area contributed by atoms with E-state index in [1.54, 1.807) is 14.2 Å². The molecule has 1 amide bonds. The number of benzene rings is 1. The second kappa shape index (κ2) is 6.61. The van der Waals surface area contributed by atoms with Crippen LogP contribution in [0.4, 0.5) is 0 Å². The molecule has 0 aromatic heterocycles. The molecule has 0 radical (unpaired) electrons. The quantitative estimate of drug-likeness (QED) is 0.851. The van der Waals surface area contributed by atoms with Crippen LogP contribution in [0.5, 0.6) is 11.5 Å². The fourth-order valence-electron chi connectivity index (χ4n) is 2.55. The summed E-state index contributed by atoms with van der Waals surface area (Å²) in [6.45, 7) is 3.35. The van der Waals surface area contributed by atoms with Crippen LogP contribution in [0.1, 0.15) is 24.5 Å². The van der Waals surface area contributed by atoms with Crippen molar-refractivity contribution in [2.75, 3.05) is 20.8 Å². The highest BCUT2D eigenvalue weighted by atomic mass is 16.5. The highest BCUT2D eigenvalue weighted by molar-refractivity contribution is 5.76. The SMILES string of the molecule is CCNC(=O)C[C@@H]1Cc2cc(OC)c(OC)cc2CN1. The van der Waals surface area contributed by atoms with E-state index in [0.29, 0.717) is 13.0 Å². The van der Waals surface area contributed by atoms with Crippen LogP contribution in [0.3, 0.4) is 0 Å². The normalized spacial score (nSPS) is 17.2. The standard InChI is InChI=1S/C15H22N2O3/c1-4-16-15(18)8-12-5-10-6-13(19-2)14(20-3)7-11(10)9-17-12/h6-7,12,17H,4-5,8-9H2,1-3H3,(H,16,18)/t12-/m0/s1. The minimum atomic E-state index is 0.0916. The molecule has 0 unspecified atom stereocenters. The molecule has 5 heteroatoms. The van der Waals surface area contributed by atoms with Crippen LogP contribution in [0.2, 0.25) is 0 Å². The first-order valence-corrected chi connectivity index (χ1v) is 6.91. The third-order valence-corrected chi connectivity index (χ3v) is 3.56. The summed E-state index contributed by atoms with van der Waals surface area (Å²) in [6, 6.07) is 4.19. The van der Waals surface area contributed by atoms with Gasteiger partial charge in [0.05, 0.1) is 14.2 Å². The lowest BCUT2D eigenvalue weighted by atomic mass is 9.93. The lowest BCUT2D eigenvalue weighted by Gasteiger charge is -2.26. The summed E-state index contributed by atoms with van der Waals surface area (Å²) in [5, 5.41) is 6.23. The first kappa shape index (κ1) is 14.7. The molecule has 1 aromatic rings. The average Bonchev–Trinajstić information content (AvgIpc) is 2.45. The molecule has 0 bridgehead atoms. The third kappa shape index (κ3) is 3.22. The van der Waals surface area contributed by atoms with Gasteiger partial charge in [0.1, 0.15) is 0 Å². The Balaban J connectivity index is 2.11. The number of hydrogen-bond donors (Lipinski definition) is 2. The minimum Gasteiger partial charge on any atom is -0.493 e. The number of ether oxygens (including phenoxy) is 2. The van der Waals surface area contributed by atoms with Crippen LogP contribution in [-0.2, 0) is 17.8 Å². The highest BCUT2D eigenvalue weighted by Crippen LogP contribution is 2.32. The van der Waals surface area contributed by atoms with Crippen LogP contribution in [0.25, 0.3) is 0 Å². The Morgan fingerprint density at radius 3 is 2.55 bits per heavy atom. The van der Waals surface area contributed by atoms with Crippen LogP contribution in [0.15, 0.2) is 12.1 Å². The Labute approximate surface area is 119 Å². The topological polar surface area (TPSA) is 59.6 Å². The van der Waals surface area contributed by atoms with E-state index in [1.165, 1.54) is 11.1 Å². The number of methoxy groups -OCH3 is 2. The van der Waals surface area contributed by atoms with E-state index >= 15 is 0 Å². The predicted molar refractivity (Wildman–Crippen MR) is 77.2 cm³/mol. The lowest BCUT2D eigenvalue weighted by Crippen LogP contribution is -2.39. The zero-order valence-electron chi connectivity index (χ0n) is 12.3. The Morgan fingerprint density at radius 2 is 1.95 bits per heavy atom. The summed E-state index contributed by atoms with van der Waals surface area (Å²) < 4.78 is 10.6. The van der Waals surface area contributed by atoms with E-state index in [2.05, 4.69) is 10.6 Å². The monoisotopic (exact) mass is 278 g/mol. The number of amides is 1. The van der Waals surface area contributed by atoms with Crippen LogP contribution < -0.4 is 20.1 Å². The molecule has 1 heterocycles. The first-order valence-electron chi connectivity index (χ1n) is 6.91. The van der Waals surface area contributed by atoms with Crippen molar-refractivity contribution >= 4 is 5.91 Å². The van der Waals surface area contributed by atoms with Gasteiger partial charge in [-0.25, -0.2) is 0 Å². The van der Waals surface area contributed by atoms with Gasteiger partial charge in [0, 0.05) is 25.6 Å². The van der Waals surface area contributed by atoms with Gasteiger partial charge >= 0.3 is 0 Å². The molecule has 0 aliphatic carbocycles. The van der Waals surface area contributed by atoms with Gasteiger partial charge in [-0.2, -0.15) is 0 Å².